The topological polar surface area (TPSA) is 41.1 Å². The molecule has 0 unspecified atom stereocenters. The summed E-state index contributed by atoms with van der Waals surface area (Å²) >= 11 is 0. The Labute approximate surface area is 314 Å². The number of hydrogen-bond donors (Lipinski definition) is 2. The number of aryl methyl sites for hydroxylation is 1. The molecule has 0 bridgehead atoms. The van der Waals surface area contributed by atoms with E-state index in [1.807, 2.05) is 45.9 Å². The maximum absolute atomic E-state index is 16.0. The van der Waals surface area contributed by atoms with Crippen LogP contribution in [0.15, 0.2) is 73.0 Å². The van der Waals surface area contributed by atoms with E-state index in [9.17, 15) is 4.79 Å². The van der Waals surface area contributed by atoms with E-state index < -0.39 is 5.82 Å². The Morgan fingerprint density at radius 2 is 1.60 bits per heavy atom. The summed E-state index contributed by atoms with van der Waals surface area (Å²) in [5, 5.41) is 6.57. The van der Waals surface area contributed by atoms with E-state index >= 15 is 8.78 Å². The number of ketones is 1. The van der Waals surface area contributed by atoms with E-state index in [1.54, 1.807) is 31.2 Å². The fourth-order valence-corrected chi connectivity index (χ4v) is 5.21. The van der Waals surface area contributed by atoms with Gasteiger partial charge in [-0.15, -0.1) is 12.2 Å². The van der Waals surface area contributed by atoms with Gasteiger partial charge in [0.15, 0.2) is 0 Å². The molecule has 0 saturated heterocycles. The Bertz CT molecular complexity index is 1440. The minimum atomic E-state index is -0.417. The van der Waals surface area contributed by atoms with Gasteiger partial charge >= 0.3 is 51.4 Å². The maximum atomic E-state index is 16.0. The number of Topliss-reactive ketones (excluding diaryl/α,β-unsaturated/α-hetero) is 1. The quantitative estimate of drug-likeness (QED) is 0.104. The van der Waals surface area contributed by atoms with Crippen LogP contribution in [-0.2, 0) is 17.8 Å². The van der Waals surface area contributed by atoms with Crippen LogP contribution in [0.5, 0.6) is 0 Å². The minimum Gasteiger partial charge on any atom is -0.507 e. The van der Waals surface area contributed by atoms with Crippen molar-refractivity contribution < 1.29 is 65.0 Å². The molecule has 45 heavy (non-hydrogen) atoms. The summed E-state index contributed by atoms with van der Waals surface area (Å²) < 4.78 is 31.4. The molecule has 0 radical (unpaired) electrons. The van der Waals surface area contributed by atoms with Crippen molar-refractivity contribution in [2.45, 2.75) is 86.2 Å². The molecule has 4 rings (SSSR count). The second-order valence-electron chi connectivity index (χ2n) is 10.4. The molecule has 1 saturated carbocycles. The van der Waals surface area contributed by atoms with E-state index in [1.165, 1.54) is 25.8 Å². The molecule has 0 amide bonds. The number of nitrogens with one attached hydrogen (secondary N) is 2. The average molecular weight is 639 g/mol. The van der Waals surface area contributed by atoms with Crippen LogP contribution in [0.1, 0.15) is 77.0 Å². The number of halogens is 2. The second kappa shape index (κ2) is 21.6. The zero-order valence-electron chi connectivity index (χ0n) is 28.6. The zero-order chi connectivity index (χ0) is 32.1. The number of hydrogen-bond acceptors (Lipinski definition) is 3. The van der Waals surface area contributed by atoms with Gasteiger partial charge in [-0.3, -0.25) is 6.58 Å². The molecule has 6 heteroatoms. The van der Waals surface area contributed by atoms with Crippen LogP contribution < -0.4 is 62.0 Å². The summed E-state index contributed by atoms with van der Waals surface area (Å²) in [5.41, 5.74) is 5.27. The third-order valence-electron chi connectivity index (χ3n) is 7.52. The van der Waals surface area contributed by atoms with Gasteiger partial charge in [-0.05, 0) is 67.5 Å². The Kier molecular flexibility index (Phi) is 20.5. The predicted octanol–water partition coefficient (Wildman–Crippen LogP) is 7.55. The van der Waals surface area contributed by atoms with Crippen LogP contribution >= 0.6 is 0 Å². The Morgan fingerprint density at radius 1 is 1.04 bits per heavy atom. The molecule has 0 aromatic heterocycles. The van der Waals surface area contributed by atoms with Gasteiger partial charge < -0.3 is 28.9 Å². The normalized spacial score (nSPS) is 11.8. The summed E-state index contributed by atoms with van der Waals surface area (Å²) in [4.78, 5) is 11.6. The number of anilines is 1. The molecule has 0 heterocycles. The smallest absolute Gasteiger partial charge is 0.507 e. The number of rotatable bonds is 10. The average Bonchev–Trinajstić information content (AvgIpc) is 3.52. The van der Waals surface area contributed by atoms with Crippen LogP contribution in [-0.4, -0.2) is 11.8 Å². The van der Waals surface area contributed by atoms with Crippen molar-refractivity contribution in [2.24, 2.45) is 0 Å². The van der Waals surface area contributed by atoms with Crippen molar-refractivity contribution >= 4 is 11.5 Å². The summed E-state index contributed by atoms with van der Waals surface area (Å²) in [6.45, 7) is 24.4. The second-order valence-corrected chi connectivity index (χ2v) is 10.4. The molecule has 1 aliphatic carbocycles. The molecule has 1 fully saturated rings. The van der Waals surface area contributed by atoms with E-state index in [4.69, 9.17) is 6.58 Å². The Hall–Kier alpha value is -2.19. The number of benzene rings is 3. The molecule has 0 atom stereocenters. The van der Waals surface area contributed by atoms with E-state index in [2.05, 4.69) is 29.9 Å². The number of carbonyl (C=O) groups is 1. The van der Waals surface area contributed by atoms with Crippen molar-refractivity contribution in [3.63, 3.8) is 0 Å². The van der Waals surface area contributed by atoms with Gasteiger partial charge in [-0.2, -0.15) is 6.92 Å². The Morgan fingerprint density at radius 3 is 2.18 bits per heavy atom. The van der Waals surface area contributed by atoms with E-state index in [-0.39, 0.29) is 81.7 Å². The molecule has 1 aliphatic rings. The number of carbonyl (C=O) groups excluding carboxylic acids is 1. The van der Waals surface area contributed by atoms with Crippen molar-refractivity contribution in [1.29, 1.82) is 0 Å². The van der Waals surface area contributed by atoms with Crippen LogP contribution in [0.3, 0.4) is 0 Å². The summed E-state index contributed by atoms with van der Waals surface area (Å²) in [6, 6.07) is 14.4. The van der Waals surface area contributed by atoms with Gasteiger partial charge in [0.1, 0.15) is 11.6 Å². The predicted molar refractivity (Wildman–Crippen MR) is 184 cm³/mol. The minimum absolute atomic E-state index is 0. The van der Waals surface area contributed by atoms with Gasteiger partial charge in [0.25, 0.3) is 0 Å². The van der Waals surface area contributed by atoms with Crippen molar-refractivity contribution in [1.82, 2.24) is 5.32 Å². The Balaban J connectivity index is 0.00000261. The summed E-state index contributed by atoms with van der Waals surface area (Å²) in [6.07, 6.45) is 7.85. The van der Waals surface area contributed by atoms with Gasteiger partial charge in [-0.25, -0.2) is 15.4 Å². The van der Waals surface area contributed by atoms with Crippen molar-refractivity contribution in [3.8, 4) is 22.3 Å². The largest absolute Gasteiger partial charge is 1.00 e. The fourth-order valence-electron chi connectivity index (χ4n) is 5.21. The van der Waals surface area contributed by atoms with Crippen LogP contribution in [0.2, 0.25) is 0 Å². The standard InChI is InChI=1S/C33H35F2N2O.C3H5.C2H6.CH3.K/c1-6-24-17-25(18-31(34)30(24)19-36-26-11-7-8-12-26)28-14-9-15-29(33(28)35)27-13-10-16-32(21(27)3)37-22(4)20(2)23(5)38;1-3-2;1-2;;/h2,9-10,13-18,26,36-37H,4,6-8,11-12,19H2,1,3,5H3;1H2,2H3;1-2H3;1H3;/q2*-1;;-1;+1. The maximum Gasteiger partial charge on any atom is 1.00 e. The van der Waals surface area contributed by atoms with Gasteiger partial charge in [0, 0.05) is 40.7 Å². The van der Waals surface area contributed by atoms with Gasteiger partial charge in [-0.1, -0.05) is 75.7 Å². The fraction of sp³-hybridized carbons (Fsp3) is 0.333. The number of allylic oxidation sites excluding steroid dienone is 2. The monoisotopic (exact) mass is 638 g/mol. The zero-order valence-corrected chi connectivity index (χ0v) is 31.7. The molecule has 3 aromatic carbocycles. The molecular formula is C39H49F2KN2O-2. The SMILES string of the molecule is C=[C-]C.CC.[CH-]=C(C(=C)Nc1cccc(-c2cccc(-c3cc(F)c(CNC4CCCC4)c(CC)c3)c2F)c1C)C(C)=O.[CH3-].[K+]. The molecule has 2 N–H and O–H groups in total. The van der Waals surface area contributed by atoms with E-state index in [0.29, 0.717) is 52.5 Å². The van der Waals surface area contributed by atoms with Crippen molar-refractivity contribution in [3.05, 3.63) is 121 Å². The molecule has 3 aromatic rings. The first-order valence-corrected chi connectivity index (χ1v) is 15.1. The summed E-state index contributed by atoms with van der Waals surface area (Å²) in [5.74, 6) is -1.01. The third-order valence-corrected chi connectivity index (χ3v) is 7.52. The van der Waals surface area contributed by atoms with Crippen LogP contribution in [0.4, 0.5) is 14.5 Å². The summed E-state index contributed by atoms with van der Waals surface area (Å²) in [7, 11) is 0. The van der Waals surface area contributed by atoms with Gasteiger partial charge in [0.05, 0.1) is 0 Å². The molecule has 0 aliphatic heterocycles. The molecule has 238 valence electrons. The first-order chi connectivity index (χ1) is 20.6. The first kappa shape index (κ1) is 42.8. The van der Waals surface area contributed by atoms with E-state index in [0.717, 1.165) is 24.0 Å². The van der Waals surface area contributed by atoms with Crippen LogP contribution in [0.25, 0.3) is 22.3 Å². The molecule has 0 spiro atoms. The third kappa shape index (κ3) is 11.5. The van der Waals surface area contributed by atoms with Gasteiger partial charge in [0.2, 0.25) is 0 Å². The molecular weight excluding hydrogens is 590 g/mol. The van der Waals surface area contributed by atoms with Crippen molar-refractivity contribution in [2.75, 3.05) is 5.32 Å². The first-order valence-electron chi connectivity index (χ1n) is 15.1. The van der Waals surface area contributed by atoms with Crippen LogP contribution in [0, 0.1) is 38.6 Å². The molecule has 3 nitrogen and oxygen atoms in total.